The van der Waals surface area contributed by atoms with Gasteiger partial charge >= 0.3 is 0 Å². The second kappa shape index (κ2) is 7.09. The molecule has 0 radical (unpaired) electrons. The van der Waals surface area contributed by atoms with Crippen LogP contribution in [0.2, 0.25) is 0 Å². The Bertz CT molecular complexity index is 1160. The van der Waals surface area contributed by atoms with Gasteiger partial charge in [0, 0.05) is 21.4 Å². The quantitative estimate of drug-likeness (QED) is 0.545. The van der Waals surface area contributed by atoms with Crippen molar-refractivity contribution in [2.45, 2.75) is 19.8 Å². The molecular formula is C20H17N3O2S2. The number of carbonyl (C=O) groups is 1. The Morgan fingerprint density at radius 1 is 1.15 bits per heavy atom. The number of carbonyl (C=O) groups excluding carboxylic acids is 1. The summed E-state index contributed by atoms with van der Waals surface area (Å²) < 4.78 is 1.16. The summed E-state index contributed by atoms with van der Waals surface area (Å²) in [7, 11) is 0. The molecule has 0 spiro atoms. The van der Waals surface area contributed by atoms with E-state index in [-0.39, 0.29) is 11.5 Å². The number of benzene rings is 1. The summed E-state index contributed by atoms with van der Waals surface area (Å²) in [5.41, 5.74) is 4.87. The van der Waals surface area contributed by atoms with E-state index in [1.807, 2.05) is 35.0 Å². The first kappa shape index (κ1) is 17.6. The van der Waals surface area contributed by atoms with Gasteiger partial charge in [0.05, 0.1) is 5.39 Å². The van der Waals surface area contributed by atoms with Crippen molar-refractivity contribution in [2.24, 2.45) is 0 Å². The van der Waals surface area contributed by atoms with Gasteiger partial charge in [0.15, 0.2) is 0 Å². The smallest absolute Gasteiger partial charge is 0.267 e. The molecule has 0 aliphatic heterocycles. The predicted molar refractivity (Wildman–Crippen MR) is 111 cm³/mol. The summed E-state index contributed by atoms with van der Waals surface area (Å²) >= 11 is 2.99. The maximum absolute atomic E-state index is 12.9. The van der Waals surface area contributed by atoms with E-state index in [2.05, 4.69) is 24.3 Å². The lowest BCUT2D eigenvalue weighted by atomic mass is 10.0. The summed E-state index contributed by atoms with van der Waals surface area (Å²) in [6.07, 6.45) is 1.36. The van der Waals surface area contributed by atoms with Gasteiger partial charge in [0.1, 0.15) is 11.2 Å². The molecule has 0 saturated carbocycles. The molecule has 5 nitrogen and oxygen atoms in total. The van der Waals surface area contributed by atoms with Crippen molar-refractivity contribution in [1.82, 2.24) is 9.66 Å². The van der Waals surface area contributed by atoms with Crippen LogP contribution >= 0.6 is 22.7 Å². The SMILES string of the molecule is CC(C)c1ccc(C(=O)Nn2cnc3scc(-c4cccs4)c3c2=O)cc1. The van der Waals surface area contributed by atoms with Gasteiger partial charge in [-0.05, 0) is 35.1 Å². The maximum atomic E-state index is 12.9. The van der Waals surface area contributed by atoms with Gasteiger partial charge in [-0.1, -0.05) is 32.0 Å². The van der Waals surface area contributed by atoms with E-state index in [4.69, 9.17) is 0 Å². The van der Waals surface area contributed by atoms with Crippen LogP contribution in [-0.2, 0) is 0 Å². The molecule has 0 atom stereocenters. The van der Waals surface area contributed by atoms with Gasteiger partial charge < -0.3 is 0 Å². The Labute approximate surface area is 163 Å². The van der Waals surface area contributed by atoms with Crippen molar-refractivity contribution < 1.29 is 4.79 Å². The molecule has 7 heteroatoms. The van der Waals surface area contributed by atoms with E-state index < -0.39 is 0 Å². The lowest BCUT2D eigenvalue weighted by Gasteiger charge is -2.09. The zero-order valence-corrected chi connectivity index (χ0v) is 16.4. The maximum Gasteiger partial charge on any atom is 0.281 e. The lowest BCUT2D eigenvalue weighted by Crippen LogP contribution is -2.33. The third kappa shape index (κ3) is 3.31. The molecule has 1 amide bonds. The van der Waals surface area contributed by atoms with Gasteiger partial charge in [-0.25, -0.2) is 9.66 Å². The highest BCUT2D eigenvalue weighted by atomic mass is 32.1. The fourth-order valence-corrected chi connectivity index (χ4v) is 4.54. The highest BCUT2D eigenvalue weighted by Crippen LogP contribution is 2.33. The highest BCUT2D eigenvalue weighted by Gasteiger charge is 2.15. The molecular weight excluding hydrogens is 378 g/mol. The third-order valence-electron chi connectivity index (χ3n) is 4.34. The van der Waals surface area contributed by atoms with E-state index in [0.29, 0.717) is 21.7 Å². The minimum absolute atomic E-state index is 0.281. The van der Waals surface area contributed by atoms with Gasteiger partial charge in [-0.2, -0.15) is 0 Å². The summed E-state index contributed by atoms with van der Waals surface area (Å²) in [6.45, 7) is 4.20. The molecule has 4 rings (SSSR count). The summed E-state index contributed by atoms with van der Waals surface area (Å²) in [5.74, 6) is 0.0482. The minimum atomic E-state index is -0.346. The number of thiophene rings is 2. The average molecular weight is 396 g/mol. The van der Waals surface area contributed by atoms with Gasteiger partial charge in [0.25, 0.3) is 11.5 Å². The molecule has 0 saturated heterocycles. The standard InChI is InChI=1S/C20H17N3O2S2/c1-12(2)13-5-7-14(8-6-13)18(24)22-23-11-21-19-17(20(23)25)15(10-27-19)16-4-3-9-26-16/h3-12H,1-2H3,(H,22,24). The molecule has 0 bridgehead atoms. The predicted octanol–water partition coefficient (Wildman–Crippen LogP) is 4.69. The number of amides is 1. The van der Waals surface area contributed by atoms with Crippen LogP contribution in [0, 0.1) is 0 Å². The van der Waals surface area contributed by atoms with Crippen molar-refractivity contribution in [2.75, 3.05) is 5.43 Å². The fraction of sp³-hybridized carbons (Fsp3) is 0.150. The second-order valence-corrected chi connectivity index (χ2v) is 8.25. The van der Waals surface area contributed by atoms with Crippen LogP contribution < -0.4 is 11.0 Å². The largest absolute Gasteiger partial charge is 0.281 e. The molecule has 1 aromatic carbocycles. The van der Waals surface area contributed by atoms with Crippen LogP contribution in [0.15, 0.2) is 58.3 Å². The average Bonchev–Trinajstić information content (AvgIpc) is 3.33. The van der Waals surface area contributed by atoms with Crippen LogP contribution in [-0.4, -0.2) is 15.6 Å². The van der Waals surface area contributed by atoms with Crippen LogP contribution in [0.5, 0.6) is 0 Å². The zero-order valence-electron chi connectivity index (χ0n) is 14.8. The van der Waals surface area contributed by atoms with Crippen molar-refractivity contribution in [3.05, 3.63) is 75.0 Å². The first-order valence-corrected chi connectivity index (χ1v) is 10.2. The van der Waals surface area contributed by atoms with E-state index in [0.717, 1.165) is 20.7 Å². The number of hydrogen-bond donors (Lipinski definition) is 1. The van der Waals surface area contributed by atoms with E-state index in [1.165, 1.54) is 17.7 Å². The van der Waals surface area contributed by atoms with Crippen molar-refractivity contribution in [1.29, 1.82) is 0 Å². The topological polar surface area (TPSA) is 64.0 Å². The van der Waals surface area contributed by atoms with Crippen LogP contribution in [0.4, 0.5) is 0 Å². The molecule has 136 valence electrons. The zero-order chi connectivity index (χ0) is 19.0. The molecule has 0 fully saturated rings. The summed E-state index contributed by atoms with van der Waals surface area (Å²) in [4.78, 5) is 31.5. The molecule has 3 aromatic heterocycles. The first-order valence-electron chi connectivity index (χ1n) is 8.48. The summed E-state index contributed by atoms with van der Waals surface area (Å²) in [6, 6.07) is 11.3. The van der Waals surface area contributed by atoms with Crippen molar-refractivity contribution in [3.8, 4) is 10.4 Å². The molecule has 0 aliphatic rings. The van der Waals surface area contributed by atoms with Gasteiger partial charge in [0.2, 0.25) is 0 Å². The lowest BCUT2D eigenvalue weighted by molar-refractivity contribution is 0.101. The highest BCUT2D eigenvalue weighted by molar-refractivity contribution is 7.18. The molecule has 0 unspecified atom stereocenters. The van der Waals surface area contributed by atoms with Crippen LogP contribution in [0.25, 0.3) is 20.7 Å². The number of nitrogens with zero attached hydrogens (tertiary/aromatic N) is 2. The monoisotopic (exact) mass is 395 g/mol. The van der Waals surface area contributed by atoms with Crippen molar-refractivity contribution in [3.63, 3.8) is 0 Å². The van der Waals surface area contributed by atoms with Crippen molar-refractivity contribution >= 4 is 38.8 Å². The molecule has 4 aromatic rings. The number of hydrogen-bond acceptors (Lipinski definition) is 5. The Balaban J connectivity index is 1.68. The Morgan fingerprint density at radius 2 is 1.93 bits per heavy atom. The van der Waals surface area contributed by atoms with E-state index in [9.17, 15) is 9.59 Å². The number of aromatic nitrogens is 2. The molecule has 0 aliphatic carbocycles. The number of nitrogens with one attached hydrogen (secondary N) is 1. The normalized spacial score (nSPS) is 11.2. The van der Waals surface area contributed by atoms with E-state index in [1.54, 1.807) is 23.5 Å². The van der Waals surface area contributed by atoms with Gasteiger partial charge in [-0.3, -0.25) is 15.0 Å². The minimum Gasteiger partial charge on any atom is -0.267 e. The Hall–Kier alpha value is -2.77. The third-order valence-corrected chi connectivity index (χ3v) is 6.13. The van der Waals surface area contributed by atoms with E-state index >= 15 is 0 Å². The van der Waals surface area contributed by atoms with Gasteiger partial charge in [-0.15, -0.1) is 22.7 Å². The number of fused-ring (bicyclic) bond motifs is 1. The molecule has 3 heterocycles. The summed E-state index contributed by atoms with van der Waals surface area (Å²) in [5, 5.41) is 4.43. The fourth-order valence-electron chi connectivity index (χ4n) is 2.82. The molecule has 1 N–H and O–H groups in total. The van der Waals surface area contributed by atoms with Crippen LogP contribution in [0.1, 0.15) is 35.7 Å². The first-order chi connectivity index (χ1) is 13.0. The number of rotatable bonds is 4. The second-order valence-electron chi connectivity index (χ2n) is 6.44. The van der Waals surface area contributed by atoms with Crippen LogP contribution in [0.3, 0.4) is 0 Å². The Morgan fingerprint density at radius 3 is 2.59 bits per heavy atom. The molecule has 27 heavy (non-hydrogen) atoms. The Kier molecular flexibility index (Phi) is 4.63.